The molecule has 0 bridgehead atoms. The van der Waals surface area contributed by atoms with E-state index in [0.29, 0.717) is 5.69 Å². The maximum absolute atomic E-state index is 11.9. The minimum Gasteiger partial charge on any atom is -0.336 e. The number of hydrogen-bond acceptors (Lipinski definition) is 3. The van der Waals surface area contributed by atoms with E-state index in [4.69, 9.17) is 0 Å². The normalized spacial score (nSPS) is 11.7. The molecule has 1 aromatic rings. The number of anilines is 1. The summed E-state index contributed by atoms with van der Waals surface area (Å²) in [5.74, 6) is 0. The van der Waals surface area contributed by atoms with E-state index < -0.39 is 15.1 Å². The summed E-state index contributed by atoms with van der Waals surface area (Å²) >= 11 is 0. The van der Waals surface area contributed by atoms with E-state index in [1.54, 1.807) is 26.0 Å². The van der Waals surface area contributed by atoms with Gasteiger partial charge in [-0.05, 0) is 52.0 Å². The maximum atomic E-state index is 11.9. The minimum atomic E-state index is -3.27. The summed E-state index contributed by atoms with van der Waals surface area (Å²) in [6, 6.07) is 5.89. The van der Waals surface area contributed by atoms with Gasteiger partial charge < -0.3 is 10.6 Å². The fourth-order valence-electron chi connectivity index (χ4n) is 1.43. The van der Waals surface area contributed by atoms with Crippen LogP contribution in [-0.2, 0) is 9.84 Å². The van der Waals surface area contributed by atoms with E-state index in [1.165, 1.54) is 12.1 Å². The summed E-state index contributed by atoms with van der Waals surface area (Å²) in [4.78, 5) is 11.7. The van der Waals surface area contributed by atoms with Gasteiger partial charge in [0.15, 0.2) is 9.84 Å². The van der Waals surface area contributed by atoms with E-state index >= 15 is 0 Å². The van der Waals surface area contributed by atoms with Crippen molar-refractivity contribution in [3.05, 3.63) is 24.3 Å². The molecular weight excluding hydrogens is 264 g/mol. The van der Waals surface area contributed by atoms with E-state index in [-0.39, 0.29) is 17.0 Å². The highest BCUT2D eigenvalue weighted by Gasteiger charge is 2.18. The average Bonchev–Trinajstić information content (AvgIpc) is 2.28. The fourth-order valence-corrected chi connectivity index (χ4v) is 2.49. The van der Waals surface area contributed by atoms with Crippen molar-refractivity contribution in [1.82, 2.24) is 5.32 Å². The second-order valence-corrected chi connectivity index (χ2v) is 7.38. The van der Waals surface area contributed by atoms with Crippen LogP contribution in [0.3, 0.4) is 0 Å². The lowest BCUT2D eigenvalue weighted by Crippen LogP contribution is -2.34. The van der Waals surface area contributed by atoms with Crippen molar-refractivity contribution in [2.45, 2.75) is 43.9 Å². The van der Waals surface area contributed by atoms with Gasteiger partial charge in [-0.2, -0.15) is 0 Å². The van der Waals surface area contributed by atoms with Gasteiger partial charge in [-0.3, -0.25) is 0 Å². The topological polar surface area (TPSA) is 75.3 Å². The molecule has 0 unspecified atom stereocenters. The van der Waals surface area contributed by atoms with Crippen LogP contribution < -0.4 is 10.6 Å². The number of hydrogen-bond donors (Lipinski definition) is 2. The van der Waals surface area contributed by atoms with Crippen LogP contribution in [0, 0.1) is 0 Å². The predicted molar refractivity (Wildman–Crippen MR) is 76.1 cm³/mol. The number of carbonyl (C=O) groups excluding carboxylic acids is 1. The van der Waals surface area contributed by atoms with Crippen molar-refractivity contribution in [1.29, 1.82) is 0 Å². The molecule has 0 saturated heterocycles. The Balaban J connectivity index is 2.81. The molecule has 19 heavy (non-hydrogen) atoms. The summed E-state index contributed by atoms with van der Waals surface area (Å²) in [7, 11) is -3.27. The molecule has 0 radical (unpaired) electrons. The van der Waals surface area contributed by atoms with Crippen LogP contribution in [0.5, 0.6) is 0 Å². The van der Waals surface area contributed by atoms with E-state index in [0.717, 1.165) is 0 Å². The molecule has 0 aromatic heterocycles. The molecule has 0 spiro atoms. The Bertz CT molecular complexity index is 534. The third-order valence-corrected chi connectivity index (χ3v) is 4.65. The lowest BCUT2D eigenvalue weighted by atomic mass is 10.3. The first kappa shape index (κ1) is 15.5. The Morgan fingerprint density at radius 2 is 1.58 bits per heavy atom. The number of nitrogens with one attached hydrogen (secondary N) is 2. The fraction of sp³-hybridized carbons (Fsp3) is 0.462. The van der Waals surface area contributed by atoms with Crippen LogP contribution in [0.4, 0.5) is 10.5 Å². The number of urea groups is 1. The number of carbonyl (C=O) groups is 1. The molecule has 2 N–H and O–H groups in total. The lowest BCUT2D eigenvalue weighted by molar-refractivity contribution is 0.250. The molecule has 6 heteroatoms. The zero-order valence-corrected chi connectivity index (χ0v) is 12.4. The molecule has 0 aliphatic carbocycles. The second-order valence-electron chi connectivity index (χ2n) is 4.87. The number of amides is 2. The first-order valence-electron chi connectivity index (χ1n) is 6.15. The van der Waals surface area contributed by atoms with Gasteiger partial charge in [0.2, 0.25) is 0 Å². The van der Waals surface area contributed by atoms with E-state index in [2.05, 4.69) is 10.6 Å². The highest BCUT2D eigenvalue weighted by Crippen LogP contribution is 2.18. The molecule has 5 nitrogen and oxygen atoms in total. The van der Waals surface area contributed by atoms with Crippen molar-refractivity contribution in [2.75, 3.05) is 5.32 Å². The van der Waals surface area contributed by atoms with Crippen LogP contribution in [0.15, 0.2) is 29.2 Å². The smallest absolute Gasteiger partial charge is 0.319 e. The van der Waals surface area contributed by atoms with Crippen molar-refractivity contribution < 1.29 is 13.2 Å². The van der Waals surface area contributed by atoms with Crippen molar-refractivity contribution in [3.8, 4) is 0 Å². The van der Waals surface area contributed by atoms with E-state index in [1.807, 2.05) is 13.8 Å². The van der Waals surface area contributed by atoms with Crippen LogP contribution >= 0.6 is 0 Å². The zero-order chi connectivity index (χ0) is 14.6. The second kappa shape index (κ2) is 6.06. The predicted octanol–water partition coefficient (Wildman–Crippen LogP) is 2.40. The quantitative estimate of drug-likeness (QED) is 0.891. The highest BCUT2D eigenvalue weighted by molar-refractivity contribution is 7.92. The lowest BCUT2D eigenvalue weighted by Gasteiger charge is -2.11. The Hall–Kier alpha value is -1.56. The van der Waals surface area contributed by atoms with Crippen molar-refractivity contribution in [2.24, 2.45) is 0 Å². The molecule has 0 heterocycles. The molecule has 0 aliphatic heterocycles. The van der Waals surface area contributed by atoms with Gasteiger partial charge >= 0.3 is 6.03 Å². The molecular formula is C13H20N2O3S. The Morgan fingerprint density at radius 3 is 2.00 bits per heavy atom. The Labute approximate surface area is 114 Å². The van der Waals surface area contributed by atoms with Gasteiger partial charge in [0.25, 0.3) is 0 Å². The van der Waals surface area contributed by atoms with Gasteiger partial charge in [-0.25, -0.2) is 13.2 Å². The Morgan fingerprint density at radius 1 is 1.05 bits per heavy atom. The van der Waals surface area contributed by atoms with Gasteiger partial charge in [-0.15, -0.1) is 0 Å². The summed E-state index contributed by atoms with van der Waals surface area (Å²) in [6.45, 7) is 6.99. The zero-order valence-electron chi connectivity index (χ0n) is 11.6. The van der Waals surface area contributed by atoms with Crippen molar-refractivity contribution in [3.63, 3.8) is 0 Å². The molecule has 0 aliphatic rings. The van der Waals surface area contributed by atoms with Crippen LogP contribution in [0.1, 0.15) is 27.7 Å². The minimum absolute atomic E-state index is 0.0422. The van der Waals surface area contributed by atoms with Crippen LogP contribution in [0.25, 0.3) is 0 Å². The number of benzene rings is 1. The summed E-state index contributed by atoms with van der Waals surface area (Å²) < 4.78 is 23.8. The molecule has 0 fully saturated rings. The third-order valence-electron chi connectivity index (χ3n) is 2.48. The van der Waals surface area contributed by atoms with Crippen molar-refractivity contribution >= 4 is 21.6 Å². The maximum Gasteiger partial charge on any atom is 0.319 e. The standard InChI is InChI=1S/C13H20N2O3S/c1-9(2)14-13(16)15-11-5-7-12(8-6-11)19(17,18)10(3)4/h5-10H,1-4H3,(H2,14,15,16). The molecule has 0 saturated carbocycles. The first-order chi connectivity index (χ1) is 8.73. The molecule has 2 amide bonds. The molecule has 106 valence electrons. The molecule has 0 atom stereocenters. The summed E-state index contributed by atoms with van der Waals surface area (Å²) in [5.41, 5.74) is 0.556. The van der Waals surface area contributed by atoms with Gasteiger partial charge in [0, 0.05) is 11.7 Å². The van der Waals surface area contributed by atoms with Gasteiger partial charge in [0.1, 0.15) is 0 Å². The van der Waals surface area contributed by atoms with E-state index in [9.17, 15) is 13.2 Å². The average molecular weight is 284 g/mol. The summed E-state index contributed by atoms with van der Waals surface area (Å²) in [5, 5.41) is 4.86. The highest BCUT2D eigenvalue weighted by atomic mass is 32.2. The largest absolute Gasteiger partial charge is 0.336 e. The van der Waals surface area contributed by atoms with Gasteiger partial charge in [0.05, 0.1) is 10.1 Å². The summed E-state index contributed by atoms with van der Waals surface area (Å²) in [6.07, 6.45) is 0. The third kappa shape index (κ3) is 4.24. The number of sulfone groups is 1. The van der Waals surface area contributed by atoms with Gasteiger partial charge in [-0.1, -0.05) is 0 Å². The molecule has 1 aromatic carbocycles. The monoisotopic (exact) mass is 284 g/mol. The molecule has 1 rings (SSSR count). The van der Waals surface area contributed by atoms with Crippen LogP contribution in [-0.4, -0.2) is 25.7 Å². The van der Waals surface area contributed by atoms with Crippen LogP contribution in [0.2, 0.25) is 0 Å². The first-order valence-corrected chi connectivity index (χ1v) is 7.69. The SMILES string of the molecule is CC(C)NC(=O)Nc1ccc(S(=O)(=O)C(C)C)cc1. The number of rotatable bonds is 4. The Kier molecular flexibility index (Phi) is 4.94.